The third-order valence-corrected chi connectivity index (χ3v) is 2.02. The summed E-state index contributed by atoms with van der Waals surface area (Å²) in [5, 5.41) is 0. The predicted molar refractivity (Wildman–Crippen MR) is 66.4 cm³/mol. The zero-order chi connectivity index (χ0) is 11.1. The molecule has 2 aromatic rings. The number of nitrogens with one attached hydrogen (secondary N) is 4. The second-order valence-electron chi connectivity index (χ2n) is 3.23. The first-order chi connectivity index (χ1) is 7.95. The Morgan fingerprint density at radius 1 is 0.500 bits per heavy atom. The molecule has 0 heterocycles. The van der Waals surface area contributed by atoms with Crippen LogP contribution in [0.5, 0.6) is 0 Å². The fourth-order valence-corrected chi connectivity index (χ4v) is 1.25. The smallest absolute Gasteiger partial charge is 0.0501 e. The van der Waals surface area contributed by atoms with Gasteiger partial charge in [-0.15, -0.1) is 0 Å². The quantitative estimate of drug-likeness (QED) is 0.455. The van der Waals surface area contributed by atoms with Gasteiger partial charge in [-0.05, 0) is 24.3 Å². The summed E-state index contributed by atoms with van der Waals surface area (Å²) in [4.78, 5) is 0. The molecule has 16 heavy (non-hydrogen) atoms. The van der Waals surface area contributed by atoms with E-state index in [2.05, 4.69) is 21.9 Å². The van der Waals surface area contributed by atoms with Crippen LogP contribution in [0, 0.1) is 0 Å². The van der Waals surface area contributed by atoms with Crippen LogP contribution in [0.2, 0.25) is 0 Å². The van der Waals surface area contributed by atoms with Crippen LogP contribution in [0.1, 0.15) is 0 Å². The largest absolute Gasteiger partial charge is 0.307 e. The molecule has 4 heteroatoms. The average Bonchev–Trinajstić information content (AvgIpc) is 2.37. The van der Waals surface area contributed by atoms with Gasteiger partial charge in [-0.25, -0.2) is 0 Å². The third-order valence-electron chi connectivity index (χ3n) is 2.02. The highest BCUT2D eigenvalue weighted by Crippen LogP contribution is 2.03. The molecule has 0 unspecified atom stereocenters. The maximum atomic E-state index is 2.99. The maximum Gasteiger partial charge on any atom is 0.0501 e. The van der Waals surface area contributed by atoms with Crippen LogP contribution < -0.4 is 21.9 Å². The molecular formula is C12H14N4. The van der Waals surface area contributed by atoms with Crippen LogP contribution in [0.25, 0.3) is 0 Å². The normalized spacial score (nSPS) is 9.75. The molecule has 0 amide bonds. The number of hydrogen-bond donors (Lipinski definition) is 4. The Hall–Kier alpha value is -2.04. The highest BCUT2D eigenvalue weighted by Gasteiger charge is 1.88. The molecule has 0 bridgehead atoms. The van der Waals surface area contributed by atoms with Crippen LogP contribution in [0.4, 0.5) is 11.4 Å². The Balaban J connectivity index is 1.70. The minimum atomic E-state index is 0.991. The van der Waals surface area contributed by atoms with Gasteiger partial charge in [-0.3, -0.25) is 0 Å². The molecular weight excluding hydrogens is 200 g/mol. The molecule has 0 aliphatic heterocycles. The monoisotopic (exact) mass is 214 g/mol. The van der Waals surface area contributed by atoms with Crippen molar-refractivity contribution >= 4 is 11.4 Å². The Kier molecular flexibility index (Phi) is 3.76. The van der Waals surface area contributed by atoms with Crippen molar-refractivity contribution in [3.8, 4) is 0 Å². The molecule has 0 fully saturated rings. The fraction of sp³-hybridized carbons (Fsp3) is 0. The Morgan fingerprint density at radius 3 is 1.25 bits per heavy atom. The topological polar surface area (TPSA) is 48.1 Å². The Bertz CT molecular complexity index is 360. The van der Waals surface area contributed by atoms with Gasteiger partial charge in [0.15, 0.2) is 0 Å². The molecule has 0 saturated heterocycles. The van der Waals surface area contributed by atoms with Crippen molar-refractivity contribution in [3.05, 3.63) is 60.7 Å². The highest BCUT2D eigenvalue weighted by molar-refractivity contribution is 5.42. The number of anilines is 2. The van der Waals surface area contributed by atoms with Crippen LogP contribution in [-0.4, -0.2) is 0 Å². The lowest BCUT2D eigenvalue weighted by atomic mass is 10.3. The molecule has 4 nitrogen and oxygen atoms in total. The van der Waals surface area contributed by atoms with Crippen LogP contribution >= 0.6 is 0 Å². The highest BCUT2D eigenvalue weighted by atomic mass is 15.7. The molecule has 0 radical (unpaired) electrons. The average molecular weight is 214 g/mol. The summed E-state index contributed by atoms with van der Waals surface area (Å²) in [5.41, 5.74) is 13.6. The van der Waals surface area contributed by atoms with Gasteiger partial charge in [0.2, 0.25) is 0 Å². The van der Waals surface area contributed by atoms with Crippen LogP contribution in [0.3, 0.4) is 0 Å². The fourth-order valence-electron chi connectivity index (χ4n) is 1.25. The van der Waals surface area contributed by atoms with Crippen molar-refractivity contribution in [2.45, 2.75) is 0 Å². The Morgan fingerprint density at radius 2 is 0.875 bits per heavy atom. The van der Waals surface area contributed by atoms with Gasteiger partial charge in [0.25, 0.3) is 0 Å². The zero-order valence-corrected chi connectivity index (χ0v) is 8.77. The van der Waals surface area contributed by atoms with E-state index in [0.29, 0.717) is 0 Å². The van der Waals surface area contributed by atoms with Crippen molar-refractivity contribution in [2.75, 3.05) is 10.9 Å². The lowest BCUT2D eigenvalue weighted by molar-refractivity contribution is 0.669. The summed E-state index contributed by atoms with van der Waals surface area (Å²) in [7, 11) is 0. The zero-order valence-electron chi connectivity index (χ0n) is 8.77. The van der Waals surface area contributed by atoms with E-state index >= 15 is 0 Å². The standard InChI is InChI=1S/C12H14N4/c1-3-7-11(8-4-1)13-15-16-14-12-9-5-2-6-10-12/h1-10,13-16H. The first-order valence-corrected chi connectivity index (χ1v) is 5.07. The van der Waals surface area contributed by atoms with E-state index in [-0.39, 0.29) is 0 Å². The van der Waals surface area contributed by atoms with E-state index in [9.17, 15) is 0 Å². The van der Waals surface area contributed by atoms with E-state index < -0.39 is 0 Å². The van der Waals surface area contributed by atoms with E-state index in [1.165, 1.54) is 0 Å². The molecule has 0 atom stereocenters. The van der Waals surface area contributed by atoms with Crippen molar-refractivity contribution in [1.82, 2.24) is 11.1 Å². The van der Waals surface area contributed by atoms with E-state index in [0.717, 1.165) is 11.4 Å². The Labute approximate surface area is 94.6 Å². The SMILES string of the molecule is c1ccc(NNNNc2ccccc2)cc1. The van der Waals surface area contributed by atoms with Crippen molar-refractivity contribution in [2.24, 2.45) is 0 Å². The number of rotatable bonds is 5. The van der Waals surface area contributed by atoms with E-state index in [4.69, 9.17) is 0 Å². The number of benzene rings is 2. The molecule has 2 rings (SSSR count). The molecule has 0 aromatic heterocycles. The van der Waals surface area contributed by atoms with Crippen molar-refractivity contribution in [1.29, 1.82) is 0 Å². The summed E-state index contributed by atoms with van der Waals surface area (Å²) in [6, 6.07) is 19.7. The summed E-state index contributed by atoms with van der Waals surface area (Å²) < 4.78 is 0. The van der Waals surface area contributed by atoms with Gasteiger partial charge >= 0.3 is 0 Å². The van der Waals surface area contributed by atoms with Gasteiger partial charge in [0, 0.05) is 0 Å². The number of hydrazine groups is 3. The van der Waals surface area contributed by atoms with Crippen molar-refractivity contribution < 1.29 is 0 Å². The van der Waals surface area contributed by atoms with E-state index in [1.807, 2.05) is 60.7 Å². The van der Waals surface area contributed by atoms with Crippen LogP contribution in [-0.2, 0) is 0 Å². The molecule has 2 aromatic carbocycles. The molecule has 0 saturated carbocycles. The second-order valence-corrected chi connectivity index (χ2v) is 3.23. The van der Waals surface area contributed by atoms with Gasteiger partial charge < -0.3 is 10.9 Å². The van der Waals surface area contributed by atoms with Crippen molar-refractivity contribution in [3.63, 3.8) is 0 Å². The summed E-state index contributed by atoms with van der Waals surface area (Å²) in [5.74, 6) is 0. The second kappa shape index (κ2) is 5.75. The van der Waals surface area contributed by atoms with E-state index in [1.54, 1.807) is 0 Å². The predicted octanol–water partition coefficient (Wildman–Crippen LogP) is 2.13. The molecule has 0 spiro atoms. The minimum Gasteiger partial charge on any atom is -0.307 e. The number of para-hydroxylation sites is 2. The molecule has 4 N–H and O–H groups in total. The summed E-state index contributed by atoms with van der Waals surface area (Å²) >= 11 is 0. The van der Waals surface area contributed by atoms with Crippen LogP contribution in [0.15, 0.2) is 60.7 Å². The first kappa shape index (κ1) is 10.5. The molecule has 0 aliphatic rings. The first-order valence-electron chi connectivity index (χ1n) is 5.07. The number of hydrogen-bond acceptors (Lipinski definition) is 4. The van der Waals surface area contributed by atoms with Gasteiger partial charge in [-0.2, -0.15) is 11.1 Å². The summed E-state index contributed by atoms with van der Waals surface area (Å²) in [6.07, 6.45) is 0. The van der Waals surface area contributed by atoms with Gasteiger partial charge in [0.05, 0.1) is 11.4 Å². The maximum absolute atomic E-state index is 2.99. The minimum absolute atomic E-state index is 0.991. The summed E-state index contributed by atoms with van der Waals surface area (Å²) in [6.45, 7) is 0. The molecule has 82 valence electrons. The third kappa shape index (κ3) is 3.27. The lowest BCUT2D eigenvalue weighted by Gasteiger charge is -2.11. The van der Waals surface area contributed by atoms with Gasteiger partial charge in [0.1, 0.15) is 0 Å². The molecule has 0 aliphatic carbocycles. The lowest BCUT2D eigenvalue weighted by Crippen LogP contribution is -2.40. The van der Waals surface area contributed by atoms with Gasteiger partial charge in [-0.1, -0.05) is 36.4 Å².